The molecule has 1 aromatic rings. The summed E-state index contributed by atoms with van der Waals surface area (Å²) in [7, 11) is 0. The summed E-state index contributed by atoms with van der Waals surface area (Å²) in [5.74, 6) is 0.856. The summed E-state index contributed by atoms with van der Waals surface area (Å²) in [4.78, 5) is 38.3. The molecule has 7 heteroatoms. The van der Waals surface area contributed by atoms with Crippen LogP contribution in [-0.2, 0) is 16.1 Å². The van der Waals surface area contributed by atoms with E-state index in [0.29, 0.717) is 47.4 Å². The number of fused-ring (bicyclic) bond motifs is 1. The first kappa shape index (κ1) is 25.8. The summed E-state index contributed by atoms with van der Waals surface area (Å²) < 4.78 is 6.10. The van der Waals surface area contributed by atoms with Crippen LogP contribution in [0.5, 0.6) is 5.75 Å². The zero-order valence-corrected chi connectivity index (χ0v) is 23.2. The molecule has 7 nitrogen and oxygen atoms in total. The number of nitrogens with one attached hydrogen (secondary N) is 2. The molecule has 4 fully saturated rings. The largest absolute Gasteiger partial charge is 0.493 e. The van der Waals surface area contributed by atoms with Gasteiger partial charge in [-0.1, -0.05) is 46.1 Å². The standard InChI is InChI=1S/C31H43N3O4/c1-29(2)24-18-25(30(3)14-15-31(24,29)30)32-16-7-5-4-6-8-17-38-23-11-9-10-20-21(23)19-34(28(20)37)22-12-13-26(35)33-27(22)36/h9-11,22,24-25,32H,4-8,12-19H2,1-3H3,(H,33,35,36)/t22?,24?,25-,30?,31?/m0/s1. The number of carbonyl (C=O) groups is 3. The van der Waals surface area contributed by atoms with Crippen LogP contribution in [0.4, 0.5) is 0 Å². The zero-order valence-electron chi connectivity index (χ0n) is 23.2. The monoisotopic (exact) mass is 521 g/mol. The first-order chi connectivity index (χ1) is 18.2. The van der Waals surface area contributed by atoms with Crippen molar-refractivity contribution < 1.29 is 19.1 Å². The van der Waals surface area contributed by atoms with Crippen molar-refractivity contribution in [3.8, 4) is 5.75 Å². The van der Waals surface area contributed by atoms with E-state index in [9.17, 15) is 14.4 Å². The fraction of sp³-hybridized carbons (Fsp3) is 0.710. The lowest BCUT2D eigenvalue weighted by Gasteiger charge is -2.53. The van der Waals surface area contributed by atoms with E-state index in [4.69, 9.17) is 4.74 Å². The molecule has 206 valence electrons. The van der Waals surface area contributed by atoms with Crippen LogP contribution in [0.3, 0.4) is 0 Å². The van der Waals surface area contributed by atoms with Crippen LogP contribution in [0.25, 0.3) is 0 Å². The minimum absolute atomic E-state index is 0.159. The Morgan fingerprint density at radius 2 is 1.84 bits per heavy atom. The molecule has 0 bridgehead atoms. The molecule has 1 spiro atoms. The number of hydrogen-bond donors (Lipinski definition) is 2. The van der Waals surface area contributed by atoms with E-state index in [1.54, 1.807) is 11.0 Å². The van der Waals surface area contributed by atoms with Crippen LogP contribution in [-0.4, -0.2) is 47.9 Å². The summed E-state index contributed by atoms with van der Waals surface area (Å²) in [6, 6.07) is 5.66. The number of piperidine rings is 1. The summed E-state index contributed by atoms with van der Waals surface area (Å²) in [5.41, 5.74) is 3.20. The Morgan fingerprint density at radius 3 is 2.58 bits per heavy atom. The highest BCUT2D eigenvalue weighted by Crippen LogP contribution is 2.90. The molecule has 5 aliphatic rings. The van der Waals surface area contributed by atoms with E-state index in [1.165, 1.54) is 38.5 Å². The molecule has 2 aliphatic heterocycles. The average molecular weight is 522 g/mol. The van der Waals surface area contributed by atoms with Gasteiger partial charge in [-0.2, -0.15) is 0 Å². The first-order valence-electron chi connectivity index (χ1n) is 14.8. The predicted molar refractivity (Wildman–Crippen MR) is 145 cm³/mol. The van der Waals surface area contributed by atoms with Gasteiger partial charge in [-0.25, -0.2) is 0 Å². The second kappa shape index (κ2) is 9.35. The third-order valence-electron chi connectivity index (χ3n) is 11.3. The highest BCUT2D eigenvalue weighted by molar-refractivity contribution is 6.05. The Hall–Kier alpha value is -2.41. The highest BCUT2D eigenvalue weighted by atomic mass is 16.5. The van der Waals surface area contributed by atoms with Crippen molar-refractivity contribution in [3.63, 3.8) is 0 Å². The van der Waals surface area contributed by atoms with Gasteiger partial charge in [0.1, 0.15) is 11.8 Å². The number of unbranched alkanes of at least 4 members (excludes halogenated alkanes) is 4. The molecule has 3 saturated carbocycles. The number of ether oxygens (including phenoxy) is 1. The molecule has 0 aromatic heterocycles. The van der Waals surface area contributed by atoms with E-state index in [-0.39, 0.29) is 24.1 Å². The van der Waals surface area contributed by atoms with Gasteiger partial charge in [-0.3, -0.25) is 19.7 Å². The van der Waals surface area contributed by atoms with Crippen molar-refractivity contribution in [1.29, 1.82) is 0 Å². The quantitative estimate of drug-likeness (QED) is 0.329. The van der Waals surface area contributed by atoms with Crippen molar-refractivity contribution in [3.05, 3.63) is 29.3 Å². The molecule has 4 unspecified atom stereocenters. The maximum Gasteiger partial charge on any atom is 0.255 e. The fourth-order valence-electron chi connectivity index (χ4n) is 9.08. The Morgan fingerprint density at radius 1 is 1.05 bits per heavy atom. The summed E-state index contributed by atoms with van der Waals surface area (Å²) >= 11 is 0. The molecule has 3 aliphatic carbocycles. The van der Waals surface area contributed by atoms with Gasteiger partial charge in [0.05, 0.1) is 13.2 Å². The van der Waals surface area contributed by atoms with Crippen molar-refractivity contribution in [2.75, 3.05) is 13.2 Å². The van der Waals surface area contributed by atoms with Crippen LogP contribution >= 0.6 is 0 Å². The Labute approximate surface area is 226 Å². The maximum absolute atomic E-state index is 13.0. The lowest BCUT2D eigenvalue weighted by molar-refractivity contribution is -0.136. The van der Waals surface area contributed by atoms with Crippen LogP contribution in [0, 0.1) is 22.2 Å². The van der Waals surface area contributed by atoms with E-state index in [1.807, 2.05) is 12.1 Å². The average Bonchev–Trinajstić information content (AvgIpc) is 3.11. The second-order valence-corrected chi connectivity index (χ2v) is 13.2. The Balaban J connectivity index is 0.889. The molecular formula is C31H43N3O4. The van der Waals surface area contributed by atoms with Crippen molar-refractivity contribution in [2.45, 2.75) is 104 Å². The number of rotatable bonds is 11. The SMILES string of the molecule is CC1(C)C2C[C@H](NCCCCCCCOc3cccc4c3CN(C3CCC(=O)NC3=O)C4=O)C3(C)CCC213. The summed E-state index contributed by atoms with van der Waals surface area (Å²) in [5, 5.41) is 6.29. The topological polar surface area (TPSA) is 87.7 Å². The third kappa shape index (κ3) is 3.75. The zero-order chi connectivity index (χ0) is 26.7. The molecule has 2 N–H and O–H groups in total. The molecule has 1 saturated heterocycles. The van der Waals surface area contributed by atoms with Crippen LogP contribution in [0.15, 0.2) is 18.2 Å². The van der Waals surface area contributed by atoms with Crippen molar-refractivity contribution >= 4 is 17.7 Å². The molecule has 6 rings (SSSR count). The number of carbonyl (C=O) groups excluding carboxylic acids is 3. The molecule has 5 atom stereocenters. The van der Waals surface area contributed by atoms with Crippen LogP contribution < -0.4 is 15.4 Å². The minimum atomic E-state index is -0.598. The Bertz CT molecular complexity index is 1150. The highest BCUT2D eigenvalue weighted by Gasteiger charge is 2.86. The smallest absolute Gasteiger partial charge is 0.255 e. The maximum atomic E-state index is 13.0. The fourth-order valence-corrected chi connectivity index (χ4v) is 9.08. The number of nitrogens with zero attached hydrogens (tertiary/aromatic N) is 1. The summed E-state index contributed by atoms with van der Waals surface area (Å²) in [6.45, 7) is 9.65. The Kier molecular flexibility index (Phi) is 6.36. The molecule has 38 heavy (non-hydrogen) atoms. The third-order valence-corrected chi connectivity index (χ3v) is 11.3. The van der Waals surface area contributed by atoms with E-state index in [2.05, 4.69) is 31.4 Å². The van der Waals surface area contributed by atoms with Crippen molar-refractivity contribution in [1.82, 2.24) is 15.5 Å². The minimum Gasteiger partial charge on any atom is -0.493 e. The number of hydrogen-bond acceptors (Lipinski definition) is 5. The molecule has 2 heterocycles. The molecular weight excluding hydrogens is 478 g/mol. The van der Waals surface area contributed by atoms with Gasteiger partial charge in [0.2, 0.25) is 11.8 Å². The van der Waals surface area contributed by atoms with Gasteiger partial charge >= 0.3 is 0 Å². The lowest BCUT2D eigenvalue weighted by atomic mass is 9.54. The van der Waals surface area contributed by atoms with Crippen LogP contribution in [0.1, 0.15) is 101 Å². The summed E-state index contributed by atoms with van der Waals surface area (Å²) in [6.07, 6.45) is 10.7. The van der Waals surface area contributed by atoms with Crippen molar-refractivity contribution in [2.24, 2.45) is 22.2 Å². The number of imide groups is 1. The second-order valence-electron chi connectivity index (χ2n) is 13.2. The lowest BCUT2D eigenvalue weighted by Crippen LogP contribution is -2.53. The van der Waals surface area contributed by atoms with Crippen LogP contribution in [0.2, 0.25) is 0 Å². The predicted octanol–water partition coefficient (Wildman–Crippen LogP) is 4.58. The van der Waals surface area contributed by atoms with Gasteiger partial charge in [0.15, 0.2) is 0 Å². The van der Waals surface area contributed by atoms with Gasteiger partial charge < -0.3 is 15.0 Å². The van der Waals surface area contributed by atoms with Gasteiger partial charge in [0, 0.05) is 23.6 Å². The molecule has 0 radical (unpaired) electrons. The number of benzene rings is 1. The van der Waals surface area contributed by atoms with E-state index < -0.39 is 6.04 Å². The normalized spacial score (nSPS) is 34.3. The van der Waals surface area contributed by atoms with E-state index >= 15 is 0 Å². The molecule has 1 aromatic carbocycles. The molecule has 3 amide bonds. The van der Waals surface area contributed by atoms with Gasteiger partial charge in [0.25, 0.3) is 5.91 Å². The van der Waals surface area contributed by atoms with Gasteiger partial charge in [-0.05, 0) is 79.4 Å². The van der Waals surface area contributed by atoms with Gasteiger partial charge in [-0.15, -0.1) is 0 Å². The van der Waals surface area contributed by atoms with E-state index in [0.717, 1.165) is 36.6 Å². The first-order valence-corrected chi connectivity index (χ1v) is 14.8. The number of amides is 3.